The Kier molecular flexibility index (Phi) is 2.68. The highest BCUT2D eigenvalue weighted by Gasteiger charge is 2.08. The van der Waals surface area contributed by atoms with Gasteiger partial charge in [-0.3, -0.25) is 0 Å². The van der Waals surface area contributed by atoms with Gasteiger partial charge in [-0.05, 0) is 25.5 Å². The molecule has 1 heterocycles. The molecule has 0 aliphatic heterocycles. The third-order valence-electron chi connectivity index (χ3n) is 1.57. The molecular formula is C8H13NO2. The lowest BCUT2D eigenvalue weighted by Gasteiger charge is -2.04. The van der Waals surface area contributed by atoms with Crippen LogP contribution in [0.3, 0.4) is 0 Å². The predicted molar refractivity (Wildman–Crippen MR) is 42.1 cm³/mol. The number of nitrogens with two attached hydrogens (primary N) is 1. The minimum absolute atomic E-state index is 0.0981. The minimum atomic E-state index is -0.173. The molecule has 3 N–H and O–H groups in total. The molecule has 0 spiro atoms. The Labute approximate surface area is 65.8 Å². The molecule has 0 aliphatic carbocycles. The first-order valence-electron chi connectivity index (χ1n) is 3.67. The number of hydrogen-bond acceptors (Lipinski definition) is 3. The number of aryl methyl sites for hydroxylation is 1. The summed E-state index contributed by atoms with van der Waals surface area (Å²) in [5.74, 6) is 1.60. The topological polar surface area (TPSA) is 59.4 Å². The summed E-state index contributed by atoms with van der Waals surface area (Å²) in [6, 6.07) is 3.54. The Hall–Kier alpha value is -0.800. The van der Waals surface area contributed by atoms with Crippen molar-refractivity contribution in [1.82, 2.24) is 0 Å². The molecule has 0 saturated heterocycles. The molecule has 62 valence electrons. The van der Waals surface area contributed by atoms with E-state index in [9.17, 15) is 0 Å². The van der Waals surface area contributed by atoms with E-state index < -0.39 is 0 Å². The van der Waals surface area contributed by atoms with Gasteiger partial charge >= 0.3 is 0 Å². The molecule has 0 aromatic carbocycles. The molecule has 1 aromatic rings. The predicted octanol–water partition coefficient (Wildman–Crippen LogP) is 0.970. The monoisotopic (exact) mass is 155 g/mol. The first kappa shape index (κ1) is 8.30. The van der Waals surface area contributed by atoms with E-state index in [-0.39, 0.29) is 12.6 Å². The van der Waals surface area contributed by atoms with Gasteiger partial charge in [0.25, 0.3) is 0 Å². The summed E-state index contributed by atoms with van der Waals surface area (Å²) in [5, 5.41) is 8.58. The molecule has 0 fully saturated rings. The Morgan fingerprint density at radius 1 is 1.64 bits per heavy atom. The van der Waals surface area contributed by atoms with E-state index in [0.717, 1.165) is 11.5 Å². The van der Waals surface area contributed by atoms with Gasteiger partial charge in [-0.2, -0.15) is 0 Å². The van der Waals surface area contributed by atoms with Gasteiger partial charge in [0, 0.05) is 6.61 Å². The summed E-state index contributed by atoms with van der Waals surface area (Å²) in [7, 11) is 0. The van der Waals surface area contributed by atoms with E-state index in [2.05, 4.69) is 0 Å². The highest BCUT2D eigenvalue weighted by atomic mass is 16.3. The van der Waals surface area contributed by atoms with Crippen molar-refractivity contribution in [2.75, 3.05) is 6.61 Å². The van der Waals surface area contributed by atoms with Gasteiger partial charge in [-0.15, -0.1) is 0 Å². The fourth-order valence-electron chi connectivity index (χ4n) is 0.934. The molecule has 0 bridgehead atoms. The van der Waals surface area contributed by atoms with E-state index in [4.69, 9.17) is 15.3 Å². The molecule has 1 atom stereocenters. The third-order valence-corrected chi connectivity index (χ3v) is 1.57. The quantitative estimate of drug-likeness (QED) is 0.683. The Bertz CT molecular complexity index is 220. The van der Waals surface area contributed by atoms with Crippen molar-refractivity contribution < 1.29 is 9.52 Å². The molecule has 3 heteroatoms. The van der Waals surface area contributed by atoms with E-state index >= 15 is 0 Å². The minimum Gasteiger partial charge on any atom is -0.465 e. The normalized spacial score (nSPS) is 13.4. The summed E-state index contributed by atoms with van der Waals surface area (Å²) in [6.07, 6.45) is 0.549. The number of rotatable bonds is 3. The van der Waals surface area contributed by atoms with Crippen molar-refractivity contribution in [1.29, 1.82) is 0 Å². The summed E-state index contributed by atoms with van der Waals surface area (Å²) in [6.45, 7) is 1.97. The van der Waals surface area contributed by atoms with Crippen molar-refractivity contribution in [3.8, 4) is 0 Å². The second-order valence-electron chi connectivity index (χ2n) is 2.57. The lowest BCUT2D eigenvalue weighted by Crippen LogP contribution is -2.10. The zero-order chi connectivity index (χ0) is 8.27. The zero-order valence-electron chi connectivity index (χ0n) is 6.58. The smallest absolute Gasteiger partial charge is 0.120 e. The summed E-state index contributed by atoms with van der Waals surface area (Å²) < 4.78 is 5.26. The van der Waals surface area contributed by atoms with E-state index in [1.807, 2.05) is 19.1 Å². The summed E-state index contributed by atoms with van der Waals surface area (Å²) >= 11 is 0. The van der Waals surface area contributed by atoms with Crippen LogP contribution in [-0.2, 0) is 0 Å². The summed E-state index contributed by atoms with van der Waals surface area (Å²) in [5.41, 5.74) is 5.67. The standard InChI is InChI=1S/C8H13NO2/c1-6-2-3-8(11-6)7(9)4-5-10/h2-3,7,10H,4-5,9H2,1H3/t7-/m1/s1. The van der Waals surface area contributed by atoms with Gasteiger partial charge in [-0.25, -0.2) is 0 Å². The lowest BCUT2D eigenvalue weighted by atomic mass is 10.2. The molecule has 0 saturated carbocycles. The maximum absolute atomic E-state index is 8.58. The van der Waals surface area contributed by atoms with Crippen LogP contribution in [0, 0.1) is 6.92 Å². The van der Waals surface area contributed by atoms with Crippen LogP contribution in [0.25, 0.3) is 0 Å². The fourth-order valence-corrected chi connectivity index (χ4v) is 0.934. The number of aliphatic hydroxyl groups is 1. The largest absolute Gasteiger partial charge is 0.465 e. The molecule has 0 unspecified atom stereocenters. The average Bonchev–Trinajstić information content (AvgIpc) is 2.36. The molecule has 11 heavy (non-hydrogen) atoms. The van der Waals surface area contributed by atoms with Crippen LogP contribution in [0.2, 0.25) is 0 Å². The van der Waals surface area contributed by atoms with Gasteiger partial charge in [-0.1, -0.05) is 0 Å². The van der Waals surface area contributed by atoms with E-state index in [0.29, 0.717) is 6.42 Å². The van der Waals surface area contributed by atoms with Gasteiger partial charge in [0.2, 0.25) is 0 Å². The van der Waals surface area contributed by atoms with Crippen LogP contribution in [0.1, 0.15) is 24.0 Å². The van der Waals surface area contributed by atoms with E-state index in [1.54, 1.807) is 0 Å². The number of hydrogen-bond donors (Lipinski definition) is 2. The third kappa shape index (κ3) is 2.06. The molecule has 0 radical (unpaired) electrons. The molecule has 0 aliphatic rings. The van der Waals surface area contributed by atoms with Gasteiger partial charge in [0.05, 0.1) is 6.04 Å². The Morgan fingerprint density at radius 3 is 2.82 bits per heavy atom. The maximum Gasteiger partial charge on any atom is 0.120 e. The lowest BCUT2D eigenvalue weighted by molar-refractivity contribution is 0.268. The van der Waals surface area contributed by atoms with Gasteiger partial charge in [0.15, 0.2) is 0 Å². The van der Waals surface area contributed by atoms with Crippen LogP contribution >= 0.6 is 0 Å². The van der Waals surface area contributed by atoms with Gasteiger partial charge in [0.1, 0.15) is 11.5 Å². The SMILES string of the molecule is Cc1ccc([C@H](N)CCO)o1. The second kappa shape index (κ2) is 3.55. The van der Waals surface area contributed by atoms with Gasteiger partial charge < -0.3 is 15.3 Å². The maximum atomic E-state index is 8.58. The first-order chi connectivity index (χ1) is 5.24. The zero-order valence-corrected chi connectivity index (χ0v) is 6.58. The van der Waals surface area contributed by atoms with Crippen LogP contribution in [0.4, 0.5) is 0 Å². The molecule has 3 nitrogen and oxygen atoms in total. The molecule has 1 aromatic heterocycles. The number of furan rings is 1. The van der Waals surface area contributed by atoms with Crippen molar-refractivity contribution in [3.63, 3.8) is 0 Å². The van der Waals surface area contributed by atoms with Crippen molar-refractivity contribution in [2.45, 2.75) is 19.4 Å². The second-order valence-corrected chi connectivity index (χ2v) is 2.57. The fraction of sp³-hybridized carbons (Fsp3) is 0.500. The molecule has 0 amide bonds. The van der Waals surface area contributed by atoms with Crippen molar-refractivity contribution in [2.24, 2.45) is 5.73 Å². The first-order valence-corrected chi connectivity index (χ1v) is 3.67. The van der Waals surface area contributed by atoms with E-state index in [1.165, 1.54) is 0 Å². The summed E-state index contributed by atoms with van der Waals surface area (Å²) in [4.78, 5) is 0. The Morgan fingerprint density at radius 2 is 2.36 bits per heavy atom. The molecular weight excluding hydrogens is 142 g/mol. The highest BCUT2D eigenvalue weighted by Crippen LogP contribution is 2.15. The van der Waals surface area contributed by atoms with Crippen LogP contribution < -0.4 is 5.73 Å². The van der Waals surface area contributed by atoms with Crippen molar-refractivity contribution >= 4 is 0 Å². The van der Waals surface area contributed by atoms with Crippen LogP contribution in [-0.4, -0.2) is 11.7 Å². The van der Waals surface area contributed by atoms with Crippen LogP contribution in [0.5, 0.6) is 0 Å². The average molecular weight is 155 g/mol. The van der Waals surface area contributed by atoms with Crippen LogP contribution in [0.15, 0.2) is 16.5 Å². The molecule has 1 rings (SSSR count). The Balaban J connectivity index is 2.60. The number of aliphatic hydroxyl groups excluding tert-OH is 1. The highest BCUT2D eigenvalue weighted by molar-refractivity contribution is 5.08. The van der Waals surface area contributed by atoms with Crippen molar-refractivity contribution in [3.05, 3.63) is 23.7 Å².